The van der Waals surface area contributed by atoms with Crippen molar-refractivity contribution in [2.75, 3.05) is 32.8 Å². The number of alkyl halides is 3. The predicted octanol–water partition coefficient (Wildman–Crippen LogP) is 4.50. The van der Waals surface area contributed by atoms with E-state index in [0.717, 1.165) is 37.4 Å². The van der Waals surface area contributed by atoms with E-state index in [1.165, 1.54) is 25.9 Å². The van der Waals surface area contributed by atoms with Gasteiger partial charge in [0.15, 0.2) is 0 Å². The number of carbonyl (C=O) groups excluding carboxylic acids is 2. The van der Waals surface area contributed by atoms with Gasteiger partial charge in [-0.25, -0.2) is 4.79 Å². The summed E-state index contributed by atoms with van der Waals surface area (Å²) in [7, 11) is 0. The SMILES string of the molecule is CCOC(=O)C(C)(C)c1ccc(C(=O)N2CCC(N3CCCC(C)C3)CC2)cc1.O=C(O)C(F)(F)F. The second-order valence-corrected chi connectivity index (χ2v) is 9.99. The van der Waals surface area contributed by atoms with Crippen LogP contribution in [-0.2, 0) is 19.7 Å². The van der Waals surface area contributed by atoms with E-state index in [9.17, 15) is 22.8 Å². The van der Waals surface area contributed by atoms with E-state index in [1.807, 2.05) is 49.9 Å². The highest BCUT2D eigenvalue weighted by Gasteiger charge is 2.38. The number of hydrogen-bond acceptors (Lipinski definition) is 5. The summed E-state index contributed by atoms with van der Waals surface area (Å²) in [6.07, 6.45) is -0.315. The molecule has 2 aliphatic heterocycles. The Hall–Kier alpha value is -2.62. The number of carboxylic acid groups (broad SMARTS) is 1. The molecular formula is C26H37F3N2O5. The minimum absolute atomic E-state index is 0.0935. The fourth-order valence-corrected chi connectivity index (χ4v) is 4.63. The summed E-state index contributed by atoms with van der Waals surface area (Å²) in [5, 5.41) is 7.12. The lowest BCUT2D eigenvalue weighted by Crippen LogP contribution is -2.49. The van der Waals surface area contributed by atoms with Crippen molar-refractivity contribution in [1.82, 2.24) is 9.80 Å². The van der Waals surface area contributed by atoms with Crippen molar-refractivity contribution in [2.45, 2.75) is 71.0 Å². The Labute approximate surface area is 210 Å². The maximum atomic E-state index is 13.0. The largest absolute Gasteiger partial charge is 0.490 e. The summed E-state index contributed by atoms with van der Waals surface area (Å²) >= 11 is 0. The molecule has 1 amide bonds. The molecule has 2 fully saturated rings. The van der Waals surface area contributed by atoms with E-state index < -0.39 is 17.6 Å². The minimum Gasteiger partial charge on any atom is -0.475 e. The van der Waals surface area contributed by atoms with Crippen LogP contribution in [0.15, 0.2) is 24.3 Å². The Kier molecular flexibility index (Phi) is 10.3. The van der Waals surface area contributed by atoms with Gasteiger partial charge < -0.3 is 14.7 Å². The van der Waals surface area contributed by atoms with Gasteiger partial charge in [-0.2, -0.15) is 13.2 Å². The third-order valence-corrected chi connectivity index (χ3v) is 6.84. The Balaban J connectivity index is 0.000000572. The fourth-order valence-electron chi connectivity index (χ4n) is 4.63. The van der Waals surface area contributed by atoms with Crippen LogP contribution in [-0.4, -0.2) is 77.8 Å². The zero-order chi connectivity index (χ0) is 27.1. The minimum atomic E-state index is -5.08. The molecule has 2 saturated heterocycles. The lowest BCUT2D eigenvalue weighted by atomic mass is 9.84. The summed E-state index contributed by atoms with van der Waals surface area (Å²) in [6, 6.07) is 8.07. The molecule has 0 radical (unpaired) electrons. The first kappa shape index (κ1) is 29.6. The van der Waals surface area contributed by atoms with Crippen molar-refractivity contribution in [3.05, 3.63) is 35.4 Å². The van der Waals surface area contributed by atoms with Gasteiger partial charge in [0.25, 0.3) is 5.91 Å². The third kappa shape index (κ3) is 7.94. The molecule has 0 spiro atoms. The maximum Gasteiger partial charge on any atom is 0.490 e. The number of benzene rings is 1. The number of likely N-dealkylation sites (tertiary alicyclic amines) is 2. The van der Waals surface area contributed by atoms with Gasteiger partial charge in [-0.1, -0.05) is 19.1 Å². The molecule has 1 aromatic rings. The average Bonchev–Trinajstić information content (AvgIpc) is 2.83. The Morgan fingerprint density at radius 1 is 1.03 bits per heavy atom. The monoisotopic (exact) mass is 514 g/mol. The predicted molar refractivity (Wildman–Crippen MR) is 129 cm³/mol. The number of halogens is 3. The van der Waals surface area contributed by atoms with Crippen molar-refractivity contribution in [3.8, 4) is 0 Å². The van der Waals surface area contributed by atoms with Crippen molar-refractivity contribution in [1.29, 1.82) is 0 Å². The number of esters is 1. The Bertz CT molecular complexity index is 894. The molecule has 2 aliphatic rings. The van der Waals surface area contributed by atoms with Crippen molar-refractivity contribution < 1.29 is 37.4 Å². The fraction of sp³-hybridized carbons (Fsp3) is 0.654. The molecule has 0 aromatic heterocycles. The summed E-state index contributed by atoms with van der Waals surface area (Å²) < 4.78 is 36.9. The van der Waals surface area contributed by atoms with E-state index in [2.05, 4.69) is 11.8 Å². The molecule has 10 heteroatoms. The maximum absolute atomic E-state index is 13.0. The van der Waals surface area contributed by atoms with Crippen LogP contribution < -0.4 is 0 Å². The second kappa shape index (κ2) is 12.6. The van der Waals surface area contributed by atoms with Crippen LogP contribution in [0, 0.1) is 5.92 Å². The van der Waals surface area contributed by atoms with Crippen molar-refractivity contribution in [3.63, 3.8) is 0 Å². The number of rotatable bonds is 5. The van der Waals surface area contributed by atoms with Gasteiger partial charge in [-0.15, -0.1) is 0 Å². The first-order valence-corrected chi connectivity index (χ1v) is 12.4. The Morgan fingerprint density at radius 3 is 2.06 bits per heavy atom. The molecule has 1 aromatic carbocycles. The molecule has 202 valence electrons. The lowest BCUT2D eigenvalue weighted by Gasteiger charge is -2.41. The van der Waals surface area contributed by atoms with Crippen LogP contribution in [0.1, 0.15) is 69.3 Å². The van der Waals surface area contributed by atoms with Gasteiger partial charge in [0.1, 0.15) is 0 Å². The molecule has 7 nitrogen and oxygen atoms in total. The molecule has 1 unspecified atom stereocenters. The first-order valence-electron chi connectivity index (χ1n) is 12.4. The molecule has 2 heterocycles. The molecule has 1 atom stereocenters. The van der Waals surface area contributed by atoms with E-state index in [-0.39, 0.29) is 11.9 Å². The van der Waals surface area contributed by atoms with Crippen LogP contribution >= 0.6 is 0 Å². The van der Waals surface area contributed by atoms with Gasteiger partial charge in [-0.3, -0.25) is 14.5 Å². The molecular weight excluding hydrogens is 477 g/mol. The van der Waals surface area contributed by atoms with E-state index >= 15 is 0 Å². The number of hydrogen-bond donors (Lipinski definition) is 1. The smallest absolute Gasteiger partial charge is 0.475 e. The lowest BCUT2D eigenvalue weighted by molar-refractivity contribution is -0.192. The molecule has 0 saturated carbocycles. The topological polar surface area (TPSA) is 87.2 Å². The normalized spacial score (nSPS) is 19.8. The van der Waals surface area contributed by atoms with Crippen molar-refractivity contribution >= 4 is 17.8 Å². The van der Waals surface area contributed by atoms with E-state index in [4.69, 9.17) is 14.6 Å². The molecule has 3 rings (SSSR count). The quantitative estimate of drug-likeness (QED) is 0.583. The van der Waals surface area contributed by atoms with Crippen LogP contribution in [0.25, 0.3) is 0 Å². The van der Waals surface area contributed by atoms with Gasteiger partial charge >= 0.3 is 18.1 Å². The summed E-state index contributed by atoms with van der Waals surface area (Å²) in [5.74, 6) is -2.11. The standard InChI is InChI=1S/C24H36N2O3.C2HF3O2/c1-5-29-23(28)24(3,4)20-10-8-19(9-11-20)22(27)25-15-12-21(13-16-25)26-14-6-7-18(2)17-26;3-2(4,5)1(6)7/h8-11,18,21H,5-7,12-17H2,1-4H3;(H,6,7). The van der Waals surface area contributed by atoms with Gasteiger partial charge in [0.05, 0.1) is 12.0 Å². The number of aliphatic carboxylic acids is 1. The van der Waals surface area contributed by atoms with Crippen LogP contribution in [0.5, 0.6) is 0 Å². The number of ether oxygens (including phenoxy) is 1. The molecule has 0 aliphatic carbocycles. The van der Waals surface area contributed by atoms with E-state index in [0.29, 0.717) is 18.2 Å². The van der Waals surface area contributed by atoms with Gasteiger partial charge in [-0.05, 0) is 76.6 Å². The highest BCUT2D eigenvalue weighted by atomic mass is 19.4. The summed E-state index contributed by atoms with van der Waals surface area (Å²) in [4.78, 5) is 38.7. The van der Waals surface area contributed by atoms with Crippen molar-refractivity contribution in [2.24, 2.45) is 5.92 Å². The number of amides is 1. The second-order valence-electron chi connectivity index (χ2n) is 9.99. The Morgan fingerprint density at radius 2 is 1.58 bits per heavy atom. The molecule has 0 bridgehead atoms. The number of carbonyl (C=O) groups is 3. The van der Waals surface area contributed by atoms with Gasteiger partial charge in [0.2, 0.25) is 0 Å². The van der Waals surface area contributed by atoms with E-state index in [1.54, 1.807) is 0 Å². The number of nitrogens with zero attached hydrogens (tertiary/aromatic N) is 2. The first-order chi connectivity index (χ1) is 16.8. The third-order valence-electron chi connectivity index (χ3n) is 6.84. The average molecular weight is 515 g/mol. The molecule has 1 N–H and O–H groups in total. The van der Waals surface area contributed by atoms with Crippen LogP contribution in [0.2, 0.25) is 0 Å². The van der Waals surface area contributed by atoms with Gasteiger partial charge in [0, 0.05) is 31.2 Å². The summed E-state index contributed by atoms with van der Waals surface area (Å²) in [5.41, 5.74) is 0.838. The zero-order valence-electron chi connectivity index (χ0n) is 21.4. The van der Waals surface area contributed by atoms with Crippen LogP contribution in [0.3, 0.4) is 0 Å². The highest BCUT2D eigenvalue weighted by molar-refractivity contribution is 5.94. The number of carboxylic acids is 1. The molecule has 36 heavy (non-hydrogen) atoms. The summed E-state index contributed by atoms with van der Waals surface area (Å²) in [6.45, 7) is 12.3. The highest BCUT2D eigenvalue weighted by Crippen LogP contribution is 2.27. The number of piperidine rings is 2. The zero-order valence-corrected chi connectivity index (χ0v) is 21.4. The van der Waals surface area contributed by atoms with Crippen LogP contribution in [0.4, 0.5) is 13.2 Å².